The number of hydrogen-bond acceptors (Lipinski definition) is 5. The lowest BCUT2D eigenvalue weighted by Crippen LogP contribution is -2.12. The Bertz CT molecular complexity index is 797. The number of anilines is 1. The second-order valence-electron chi connectivity index (χ2n) is 4.99. The first-order valence-electron chi connectivity index (χ1n) is 7.43. The van der Waals surface area contributed by atoms with E-state index in [0.29, 0.717) is 17.2 Å². The maximum atomic E-state index is 12.2. The largest absolute Gasteiger partial charge is 0.491 e. The predicted molar refractivity (Wildman–Crippen MR) is 88.9 cm³/mol. The molecule has 0 radical (unpaired) electrons. The first-order chi connectivity index (χ1) is 11.8. The van der Waals surface area contributed by atoms with Crippen LogP contribution in [0.3, 0.4) is 0 Å². The van der Waals surface area contributed by atoms with Crippen molar-refractivity contribution in [3.05, 3.63) is 66.4 Å². The van der Waals surface area contributed by atoms with Gasteiger partial charge in [-0.1, -0.05) is 35.5 Å². The van der Waals surface area contributed by atoms with Crippen molar-refractivity contribution in [2.75, 3.05) is 18.5 Å². The molecule has 1 aromatic heterocycles. The predicted octanol–water partition coefficient (Wildman–Crippen LogP) is 2.97. The summed E-state index contributed by atoms with van der Waals surface area (Å²) in [6.07, 6.45) is 0. The number of aromatic nitrogens is 1. The zero-order chi connectivity index (χ0) is 16.8. The number of aliphatic hydroxyl groups excluding tert-OH is 1. The number of nitrogens with one attached hydrogen (secondary N) is 1. The molecular weight excluding hydrogens is 308 g/mol. The topological polar surface area (TPSA) is 84.6 Å². The van der Waals surface area contributed by atoms with E-state index in [1.54, 1.807) is 30.3 Å². The average Bonchev–Trinajstić information content (AvgIpc) is 3.12. The number of amides is 1. The van der Waals surface area contributed by atoms with E-state index < -0.39 is 0 Å². The van der Waals surface area contributed by atoms with Crippen molar-refractivity contribution in [1.82, 2.24) is 5.16 Å². The van der Waals surface area contributed by atoms with Crippen LogP contribution < -0.4 is 10.1 Å². The zero-order valence-corrected chi connectivity index (χ0v) is 12.8. The van der Waals surface area contributed by atoms with E-state index in [4.69, 9.17) is 14.4 Å². The summed E-state index contributed by atoms with van der Waals surface area (Å²) < 4.78 is 10.5. The van der Waals surface area contributed by atoms with E-state index in [9.17, 15) is 4.79 Å². The summed E-state index contributed by atoms with van der Waals surface area (Å²) in [4.78, 5) is 12.2. The first kappa shape index (κ1) is 15.8. The second kappa shape index (κ2) is 7.43. The van der Waals surface area contributed by atoms with Crippen molar-refractivity contribution in [2.24, 2.45) is 0 Å². The van der Waals surface area contributed by atoms with Gasteiger partial charge in [0, 0.05) is 17.3 Å². The van der Waals surface area contributed by atoms with E-state index in [0.717, 1.165) is 5.56 Å². The van der Waals surface area contributed by atoms with Crippen LogP contribution in [-0.2, 0) is 0 Å². The number of aliphatic hydroxyl groups is 1. The van der Waals surface area contributed by atoms with Gasteiger partial charge in [0.1, 0.15) is 12.4 Å². The fraction of sp³-hybridized carbons (Fsp3) is 0.111. The number of benzene rings is 2. The molecule has 2 aromatic carbocycles. The summed E-state index contributed by atoms with van der Waals surface area (Å²) in [5.74, 6) is 0.799. The maximum Gasteiger partial charge on any atom is 0.277 e. The van der Waals surface area contributed by atoms with Crippen molar-refractivity contribution in [3.63, 3.8) is 0 Å². The third-order valence-corrected chi connectivity index (χ3v) is 3.27. The Morgan fingerprint density at radius 1 is 1.12 bits per heavy atom. The molecule has 0 aliphatic heterocycles. The van der Waals surface area contributed by atoms with E-state index in [1.807, 2.05) is 30.3 Å². The van der Waals surface area contributed by atoms with E-state index in [-0.39, 0.29) is 24.8 Å². The molecule has 0 unspecified atom stereocenters. The molecule has 6 nitrogen and oxygen atoms in total. The van der Waals surface area contributed by atoms with Crippen LogP contribution in [0.5, 0.6) is 5.75 Å². The minimum Gasteiger partial charge on any atom is -0.491 e. The highest BCUT2D eigenvalue weighted by Gasteiger charge is 2.13. The van der Waals surface area contributed by atoms with Crippen LogP contribution in [-0.4, -0.2) is 29.4 Å². The molecule has 0 aliphatic rings. The normalized spacial score (nSPS) is 10.4. The maximum absolute atomic E-state index is 12.2. The molecule has 2 N–H and O–H groups in total. The number of ether oxygens (including phenoxy) is 1. The van der Waals surface area contributed by atoms with Gasteiger partial charge in [-0.25, -0.2) is 0 Å². The lowest BCUT2D eigenvalue weighted by molar-refractivity contribution is 0.101. The molecular formula is C18H16N2O4. The molecule has 0 saturated heterocycles. The monoisotopic (exact) mass is 324 g/mol. The fourth-order valence-electron chi connectivity index (χ4n) is 2.11. The van der Waals surface area contributed by atoms with Crippen molar-refractivity contribution in [2.45, 2.75) is 0 Å². The van der Waals surface area contributed by atoms with Gasteiger partial charge in [0.05, 0.1) is 6.61 Å². The summed E-state index contributed by atoms with van der Waals surface area (Å²) in [5.41, 5.74) is 1.67. The summed E-state index contributed by atoms with van der Waals surface area (Å²) in [5, 5.41) is 15.3. The molecule has 1 amide bonds. The van der Waals surface area contributed by atoms with Gasteiger partial charge in [0.25, 0.3) is 5.91 Å². The third-order valence-electron chi connectivity index (χ3n) is 3.27. The quantitative estimate of drug-likeness (QED) is 0.728. The highest BCUT2D eigenvalue weighted by molar-refractivity contribution is 6.03. The molecule has 3 aromatic rings. The Balaban J connectivity index is 1.66. The number of carbonyl (C=O) groups excluding carboxylic acids is 1. The molecule has 0 saturated carbocycles. The van der Waals surface area contributed by atoms with Gasteiger partial charge >= 0.3 is 0 Å². The highest BCUT2D eigenvalue weighted by Crippen LogP contribution is 2.21. The lowest BCUT2D eigenvalue weighted by atomic mass is 10.1. The molecule has 24 heavy (non-hydrogen) atoms. The molecule has 0 atom stereocenters. The summed E-state index contributed by atoms with van der Waals surface area (Å²) >= 11 is 0. The summed E-state index contributed by atoms with van der Waals surface area (Å²) in [6, 6.07) is 17.9. The minimum absolute atomic E-state index is 0.0472. The Hall–Kier alpha value is -3.12. The Morgan fingerprint density at radius 3 is 2.58 bits per heavy atom. The van der Waals surface area contributed by atoms with Crippen molar-refractivity contribution >= 4 is 11.6 Å². The molecule has 122 valence electrons. The van der Waals surface area contributed by atoms with Crippen LogP contribution in [0.2, 0.25) is 0 Å². The van der Waals surface area contributed by atoms with Gasteiger partial charge in [-0.2, -0.15) is 0 Å². The van der Waals surface area contributed by atoms with E-state index in [1.165, 1.54) is 0 Å². The second-order valence-corrected chi connectivity index (χ2v) is 4.99. The molecule has 0 bridgehead atoms. The average molecular weight is 324 g/mol. The van der Waals surface area contributed by atoms with Gasteiger partial charge in [0.15, 0.2) is 11.5 Å². The van der Waals surface area contributed by atoms with Crippen LogP contribution >= 0.6 is 0 Å². The molecule has 1 heterocycles. The summed E-state index contributed by atoms with van der Waals surface area (Å²) in [6.45, 7) is 0.182. The standard InChI is InChI=1S/C18H16N2O4/c21-10-11-23-15-8-6-14(7-9-15)19-18(22)16-12-17(24-20-16)13-4-2-1-3-5-13/h1-9,12,21H,10-11H2,(H,19,22). The fourth-order valence-corrected chi connectivity index (χ4v) is 2.11. The number of rotatable bonds is 6. The number of nitrogens with zero attached hydrogens (tertiary/aromatic N) is 1. The van der Waals surface area contributed by atoms with Crippen LogP contribution in [0.15, 0.2) is 65.2 Å². The van der Waals surface area contributed by atoms with Gasteiger partial charge in [-0.05, 0) is 24.3 Å². The van der Waals surface area contributed by atoms with Crippen molar-refractivity contribution in [1.29, 1.82) is 0 Å². The van der Waals surface area contributed by atoms with Gasteiger partial charge in [-0.3, -0.25) is 4.79 Å². The Kier molecular flexibility index (Phi) is 4.88. The lowest BCUT2D eigenvalue weighted by Gasteiger charge is -2.06. The molecule has 6 heteroatoms. The number of hydrogen-bond donors (Lipinski definition) is 2. The van der Waals surface area contributed by atoms with Crippen molar-refractivity contribution < 1.29 is 19.2 Å². The van der Waals surface area contributed by atoms with E-state index in [2.05, 4.69) is 10.5 Å². The highest BCUT2D eigenvalue weighted by atomic mass is 16.5. The molecule has 0 spiro atoms. The van der Waals surface area contributed by atoms with Crippen LogP contribution in [0, 0.1) is 0 Å². The molecule has 0 aliphatic carbocycles. The van der Waals surface area contributed by atoms with Gasteiger partial charge in [-0.15, -0.1) is 0 Å². The SMILES string of the molecule is O=C(Nc1ccc(OCCO)cc1)c1cc(-c2ccccc2)on1. The Labute approximate surface area is 138 Å². The van der Waals surface area contributed by atoms with Crippen LogP contribution in [0.4, 0.5) is 5.69 Å². The Morgan fingerprint density at radius 2 is 1.88 bits per heavy atom. The van der Waals surface area contributed by atoms with Crippen LogP contribution in [0.1, 0.15) is 10.5 Å². The van der Waals surface area contributed by atoms with E-state index >= 15 is 0 Å². The zero-order valence-electron chi connectivity index (χ0n) is 12.8. The van der Waals surface area contributed by atoms with Gasteiger partial charge < -0.3 is 19.7 Å². The number of carbonyl (C=O) groups is 1. The third kappa shape index (κ3) is 3.80. The van der Waals surface area contributed by atoms with Crippen molar-refractivity contribution in [3.8, 4) is 17.1 Å². The summed E-state index contributed by atoms with van der Waals surface area (Å²) in [7, 11) is 0. The van der Waals surface area contributed by atoms with Gasteiger partial charge in [0.2, 0.25) is 0 Å². The minimum atomic E-state index is -0.357. The smallest absolute Gasteiger partial charge is 0.277 e. The molecule has 0 fully saturated rings. The van der Waals surface area contributed by atoms with Crippen LogP contribution in [0.25, 0.3) is 11.3 Å². The first-order valence-corrected chi connectivity index (χ1v) is 7.43. The molecule has 3 rings (SSSR count).